The normalized spacial score (nSPS) is 19.2. The number of nitrogens with zero attached hydrogens (tertiary/aromatic N) is 1. The molecule has 1 aromatic rings. The Bertz CT molecular complexity index is 440. The number of amides is 1. The number of hydrogen-bond acceptors (Lipinski definition) is 3. The van der Waals surface area contributed by atoms with Gasteiger partial charge in [-0.15, -0.1) is 12.4 Å². The second-order valence-corrected chi connectivity index (χ2v) is 4.58. The number of hydrogen-bond donors (Lipinski definition) is 1. The van der Waals surface area contributed by atoms with Crippen LogP contribution in [-0.4, -0.2) is 36.6 Å². The van der Waals surface area contributed by atoms with Crippen LogP contribution in [0.3, 0.4) is 0 Å². The summed E-state index contributed by atoms with van der Waals surface area (Å²) in [5, 5.41) is 0.397. The first kappa shape index (κ1) is 15.1. The molecule has 0 bridgehead atoms. The molecule has 0 spiro atoms. The van der Waals surface area contributed by atoms with E-state index in [0.717, 1.165) is 0 Å². The number of anilines is 1. The van der Waals surface area contributed by atoms with E-state index in [1.807, 2.05) is 6.92 Å². The Morgan fingerprint density at radius 3 is 2.89 bits per heavy atom. The van der Waals surface area contributed by atoms with E-state index in [2.05, 4.69) is 0 Å². The average molecular weight is 291 g/mol. The highest BCUT2D eigenvalue weighted by molar-refractivity contribution is 6.34. The molecule has 0 aromatic heterocycles. The van der Waals surface area contributed by atoms with Gasteiger partial charge >= 0.3 is 0 Å². The zero-order valence-corrected chi connectivity index (χ0v) is 11.6. The van der Waals surface area contributed by atoms with Crippen LogP contribution < -0.4 is 5.73 Å². The van der Waals surface area contributed by atoms with E-state index in [1.54, 1.807) is 23.1 Å². The molecule has 0 saturated carbocycles. The Hall–Kier alpha value is -0.970. The second-order valence-electron chi connectivity index (χ2n) is 4.17. The highest BCUT2D eigenvalue weighted by Gasteiger charge is 2.23. The van der Waals surface area contributed by atoms with E-state index < -0.39 is 0 Å². The van der Waals surface area contributed by atoms with E-state index in [-0.39, 0.29) is 24.4 Å². The van der Waals surface area contributed by atoms with Crippen LogP contribution in [0.25, 0.3) is 0 Å². The van der Waals surface area contributed by atoms with Gasteiger partial charge in [-0.1, -0.05) is 11.6 Å². The molecule has 1 heterocycles. The Morgan fingerprint density at radius 1 is 1.56 bits per heavy atom. The van der Waals surface area contributed by atoms with Crippen LogP contribution in [0.15, 0.2) is 18.2 Å². The topological polar surface area (TPSA) is 55.6 Å². The summed E-state index contributed by atoms with van der Waals surface area (Å²) in [6, 6.07) is 4.95. The summed E-state index contributed by atoms with van der Waals surface area (Å²) < 4.78 is 5.40. The van der Waals surface area contributed by atoms with Crippen molar-refractivity contribution in [3.63, 3.8) is 0 Å². The van der Waals surface area contributed by atoms with Crippen LogP contribution in [0.4, 0.5) is 5.69 Å². The SMILES string of the molecule is CC1CN(C(=O)c2ccc(N)cc2Cl)CCO1.Cl. The Balaban J connectivity index is 0.00000162. The van der Waals surface area contributed by atoms with Crippen molar-refractivity contribution in [2.45, 2.75) is 13.0 Å². The average Bonchev–Trinajstić information content (AvgIpc) is 2.28. The predicted octanol–water partition coefficient (Wildman–Crippen LogP) is 2.20. The van der Waals surface area contributed by atoms with Crippen molar-refractivity contribution in [2.75, 3.05) is 25.4 Å². The molecule has 1 aliphatic heterocycles. The molecule has 100 valence electrons. The van der Waals surface area contributed by atoms with E-state index in [1.165, 1.54) is 0 Å². The molecule has 1 aliphatic rings. The molecule has 0 radical (unpaired) electrons. The number of rotatable bonds is 1. The number of carbonyl (C=O) groups excluding carboxylic acids is 1. The minimum Gasteiger partial charge on any atom is -0.399 e. The summed E-state index contributed by atoms with van der Waals surface area (Å²) in [4.78, 5) is 14.0. The first-order valence-electron chi connectivity index (χ1n) is 5.54. The van der Waals surface area contributed by atoms with E-state index in [0.29, 0.717) is 36.0 Å². The van der Waals surface area contributed by atoms with Crippen molar-refractivity contribution in [3.8, 4) is 0 Å². The number of halogens is 2. The van der Waals surface area contributed by atoms with Crippen molar-refractivity contribution in [3.05, 3.63) is 28.8 Å². The van der Waals surface area contributed by atoms with Gasteiger partial charge in [-0.3, -0.25) is 4.79 Å². The summed E-state index contributed by atoms with van der Waals surface area (Å²) in [5.41, 5.74) is 6.65. The first-order valence-corrected chi connectivity index (χ1v) is 5.91. The lowest BCUT2D eigenvalue weighted by Gasteiger charge is -2.31. The maximum Gasteiger partial charge on any atom is 0.255 e. The summed E-state index contributed by atoms with van der Waals surface area (Å²) in [5.74, 6) is -0.0647. The number of morpholine rings is 1. The zero-order valence-electron chi connectivity index (χ0n) is 10.1. The van der Waals surface area contributed by atoms with Gasteiger partial charge in [0.25, 0.3) is 5.91 Å². The van der Waals surface area contributed by atoms with Crippen LogP contribution in [0, 0.1) is 0 Å². The molecular formula is C12H16Cl2N2O2. The van der Waals surface area contributed by atoms with Gasteiger partial charge in [-0.05, 0) is 25.1 Å². The fourth-order valence-electron chi connectivity index (χ4n) is 1.88. The standard InChI is InChI=1S/C12H15ClN2O2.ClH/c1-8-7-15(4-5-17-8)12(16)10-3-2-9(14)6-11(10)13;/h2-3,6,8H,4-5,7,14H2,1H3;1H. The van der Waals surface area contributed by atoms with Crippen LogP contribution in [-0.2, 0) is 4.74 Å². The second kappa shape index (κ2) is 6.27. The quantitative estimate of drug-likeness (QED) is 0.807. The minimum absolute atomic E-state index is 0. The van der Waals surface area contributed by atoms with Crippen LogP contribution in [0.1, 0.15) is 17.3 Å². The molecule has 18 heavy (non-hydrogen) atoms. The van der Waals surface area contributed by atoms with E-state index in [4.69, 9.17) is 22.1 Å². The highest BCUT2D eigenvalue weighted by atomic mass is 35.5. The Kier molecular flexibility index (Phi) is 5.26. The first-order chi connectivity index (χ1) is 8.08. The van der Waals surface area contributed by atoms with Crippen LogP contribution in [0.5, 0.6) is 0 Å². The molecule has 1 amide bonds. The summed E-state index contributed by atoms with van der Waals surface area (Å²) in [6.07, 6.45) is 0.0697. The van der Waals surface area contributed by atoms with Crippen molar-refractivity contribution < 1.29 is 9.53 Å². The van der Waals surface area contributed by atoms with Gasteiger partial charge in [-0.25, -0.2) is 0 Å². The lowest BCUT2D eigenvalue weighted by molar-refractivity contribution is -0.0124. The van der Waals surface area contributed by atoms with Crippen molar-refractivity contribution in [1.29, 1.82) is 0 Å². The number of nitrogens with two attached hydrogens (primary N) is 1. The predicted molar refractivity (Wildman–Crippen MR) is 74.4 cm³/mol. The van der Waals surface area contributed by atoms with Crippen LogP contribution >= 0.6 is 24.0 Å². The smallest absolute Gasteiger partial charge is 0.255 e. The third-order valence-corrected chi connectivity index (χ3v) is 3.06. The zero-order chi connectivity index (χ0) is 12.4. The van der Waals surface area contributed by atoms with Gasteiger partial charge in [0.2, 0.25) is 0 Å². The minimum atomic E-state index is -0.0647. The van der Waals surface area contributed by atoms with Gasteiger partial charge in [0, 0.05) is 18.8 Å². The van der Waals surface area contributed by atoms with Gasteiger partial charge < -0.3 is 15.4 Å². The van der Waals surface area contributed by atoms with Gasteiger partial charge in [-0.2, -0.15) is 0 Å². The number of ether oxygens (including phenoxy) is 1. The fraction of sp³-hybridized carbons (Fsp3) is 0.417. The molecule has 2 N–H and O–H groups in total. The molecule has 1 fully saturated rings. The van der Waals surface area contributed by atoms with Crippen molar-refractivity contribution in [1.82, 2.24) is 4.90 Å². The number of carbonyl (C=O) groups is 1. The largest absolute Gasteiger partial charge is 0.399 e. The monoisotopic (exact) mass is 290 g/mol. The van der Waals surface area contributed by atoms with Crippen LogP contribution in [0.2, 0.25) is 5.02 Å². The maximum atomic E-state index is 12.2. The molecule has 1 atom stereocenters. The molecular weight excluding hydrogens is 275 g/mol. The lowest BCUT2D eigenvalue weighted by atomic mass is 10.1. The lowest BCUT2D eigenvalue weighted by Crippen LogP contribution is -2.44. The number of benzene rings is 1. The molecule has 1 aromatic carbocycles. The highest BCUT2D eigenvalue weighted by Crippen LogP contribution is 2.21. The molecule has 0 aliphatic carbocycles. The Morgan fingerprint density at radius 2 is 2.28 bits per heavy atom. The molecule has 2 rings (SSSR count). The summed E-state index contributed by atoms with van der Waals surface area (Å²) in [6.45, 7) is 3.72. The molecule has 4 nitrogen and oxygen atoms in total. The summed E-state index contributed by atoms with van der Waals surface area (Å²) >= 11 is 6.02. The van der Waals surface area contributed by atoms with Gasteiger partial charge in [0.05, 0.1) is 23.3 Å². The van der Waals surface area contributed by atoms with Crippen molar-refractivity contribution in [2.24, 2.45) is 0 Å². The van der Waals surface area contributed by atoms with Crippen molar-refractivity contribution >= 4 is 35.6 Å². The fourth-order valence-corrected chi connectivity index (χ4v) is 2.15. The third-order valence-electron chi connectivity index (χ3n) is 2.75. The molecule has 1 saturated heterocycles. The maximum absolute atomic E-state index is 12.2. The third kappa shape index (κ3) is 3.28. The van der Waals surface area contributed by atoms with E-state index >= 15 is 0 Å². The summed E-state index contributed by atoms with van der Waals surface area (Å²) in [7, 11) is 0. The number of nitrogen functional groups attached to an aromatic ring is 1. The van der Waals surface area contributed by atoms with Gasteiger partial charge in [0.15, 0.2) is 0 Å². The molecule has 6 heteroatoms. The Labute approximate surface area is 117 Å². The van der Waals surface area contributed by atoms with Gasteiger partial charge in [0.1, 0.15) is 0 Å². The molecule has 1 unspecified atom stereocenters. The van der Waals surface area contributed by atoms with E-state index in [9.17, 15) is 4.79 Å².